The zero-order valence-electron chi connectivity index (χ0n) is 9.31. The van der Waals surface area contributed by atoms with E-state index in [4.69, 9.17) is 17.3 Å². The van der Waals surface area contributed by atoms with Crippen LogP contribution < -0.4 is 5.73 Å². The van der Waals surface area contributed by atoms with Gasteiger partial charge in [0.1, 0.15) is 12.4 Å². The molecule has 0 aliphatic heterocycles. The SMILES string of the molecule is NCc1cn(CC(=O)c2cc(F)ccc2Cl)nn1. The molecule has 0 saturated heterocycles. The standard InChI is InChI=1S/C11H10ClFN4O/c12-10-2-1-7(13)3-9(10)11(18)6-17-5-8(4-14)15-16-17/h1-3,5H,4,6,14H2. The predicted octanol–water partition coefficient (Wildman–Crippen LogP) is 1.41. The van der Waals surface area contributed by atoms with Crippen LogP contribution in [0.2, 0.25) is 5.02 Å². The van der Waals surface area contributed by atoms with E-state index in [2.05, 4.69) is 10.3 Å². The van der Waals surface area contributed by atoms with Crippen molar-refractivity contribution in [1.82, 2.24) is 15.0 Å². The number of carbonyl (C=O) groups excluding carboxylic acids is 1. The first-order chi connectivity index (χ1) is 8.60. The number of ketones is 1. The maximum Gasteiger partial charge on any atom is 0.185 e. The van der Waals surface area contributed by atoms with Crippen molar-refractivity contribution in [1.29, 1.82) is 0 Å². The van der Waals surface area contributed by atoms with Crippen molar-refractivity contribution in [3.05, 3.63) is 46.5 Å². The van der Waals surface area contributed by atoms with Gasteiger partial charge in [0.15, 0.2) is 5.78 Å². The van der Waals surface area contributed by atoms with E-state index in [0.717, 1.165) is 6.07 Å². The molecule has 0 radical (unpaired) electrons. The molecule has 0 unspecified atom stereocenters. The molecule has 2 rings (SSSR count). The van der Waals surface area contributed by atoms with Crippen LogP contribution in [-0.2, 0) is 13.1 Å². The maximum absolute atomic E-state index is 13.0. The number of nitrogens with two attached hydrogens (primary N) is 1. The predicted molar refractivity (Wildman–Crippen MR) is 63.7 cm³/mol. The van der Waals surface area contributed by atoms with Gasteiger partial charge in [-0.1, -0.05) is 16.8 Å². The van der Waals surface area contributed by atoms with E-state index in [1.54, 1.807) is 6.20 Å². The molecule has 94 valence electrons. The fourth-order valence-corrected chi connectivity index (χ4v) is 1.68. The highest BCUT2D eigenvalue weighted by Crippen LogP contribution is 2.18. The van der Waals surface area contributed by atoms with Gasteiger partial charge in [0, 0.05) is 12.1 Å². The normalized spacial score (nSPS) is 10.6. The molecule has 0 saturated carbocycles. The van der Waals surface area contributed by atoms with Gasteiger partial charge in [-0.25, -0.2) is 9.07 Å². The van der Waals surface area contributed by atoms with Crippen LogP contribution in [0.25, 0.3) is 0 Å². The Kier molecular flexibility index (Phi) is 3.69. The van der Waals surface area contributed by atoms with Crippen LogP contribution in [0.1, 0.15) is 16.1 Å². The molecule has 0 aliphatic carbocycles. The van der Waals surface area contributed by atoms with Crippen LogP contribution in [0.4, 0.5) is 4.39 Å². The van der Waals surface area contributed by atoms with Crippen molar-refractivity contribution in [2.24, 2.45) is 5.73 Å². The summed E-state index contributed by atoms with van der Waals surface area (Å²) in [6, 6.07) is 3.64. The van der Waals surface area contributed by atoms with E-state index in [-0.39, 0.29) is 29.5 Å². The highest BCUT2D eigenvalue weighted by atomic mass is 35.5. The molecule has 2 aromatic rings. The van der Waals surface area contributed by atoms with Gasteiger partial charge in [-0.05, 0) is 18.2 Å². The van der Waals surface area contributed by atoms with Crippen LogP contribution in [0.3, 0.4) is 0 Å². The molecule has 0 amide bonds. The molecule has 2 N–H and O–H groups in total. The highest BCUT2D eigenvalue weighted by molar-refractivity contribution is 6.33. The van der Waals surface area contributed by atoms with Gasteiger partial charge in [0.05, 0.1) is 16.9 Å². The Morgan fingerprint density at radius 2 is 2.28 bits per heavy atom. The van der Waals surface area contributed by atoms with Gasteiger partial charge in [-0.3, -0.25) is 4.79 Å². The molecule has 1 heterocycles. The quantitative estimate of drug-likeness (QED) is 0.851. The zero-order valence-corrected chi connectivity index (χ0v) is 10.1. The summed E-state index contributed by atoms with van der Waals surface area (Å²) in [6.45, 7) is 0.186. The topological polar surface area (TPSA) is 73.8 Å². The number of benzene rings is 1. The first-order valence-electron chi connectivity index (χ1n) is 5.17. The summed E-state index contributed by atoms with van der Waals surface area (Å²) in [6.07, 6.45) is 1.56. The fourth-order valence-electron chi connectivity index (χ4n) is 1.45. The van der Waals surface area contributed by atoms with Crippen LogP contribution in [0.5, 0.6) is 0 Å². The number of hydrogen-bond acceptors (Lipinski definition) is 4. The first kappa shape index (κ1) is 12.7. The first-order valence-corrected chi connectivity index (χ1v) is 5.55. The van der Waals surface area contributed by atoms with E-state index in [1.165, 1.54) is 16.8 Å². The van der Waals surface area contributed by atoms with E-state index in [9.17, 15) is 9.18 Å². The lowest BCUT2D eigenvalue weighted by Gasteiger charge is -2.03. The summed E-state index contributed by atoms with van der Waals surface area (Å²) in [5, 5.41) is 7.69. The Labute approximate surface area is 107 Å². The number of carbonyl (C=O) groups is 1. The average molecular weight is 269 g/mol. The molecule has 1 aromatic heterocycles. The van der Waals surface area contributed by atoms with E-state index >= 15 is 0 Å². The van der Waals surface area contributed by atoms with Crippen LogP contribution in [0, 0.1) is 5.82 Å². The third-order valence-corrected chi connectivity index (χ3v) is 2.66. The molecule has 0 spiro atoms. The number of Topliss-reactive ketones (excluding diaryl/α,β-unsaturated/α-hetero) is 1. The van der Waals surface area contributed by atoms with E-state index < -0.39 is 5.82 Å². The molecule has 0 atom stereocenters. The second-order valence-corrected chi connectivity index (χ2v) is 4.07. The minimum absolute atomic E-state index is 0.0594. The fraction of sp³-hybridized carbons (Fsp3) is 0.182. The molecule has 0 aliphatic rings. The number of halogens is 2. The molecular formula is C11H10ClFN4O. The van der Waals surface area contributed by atoms with Gasteiger partial charge in [0.2, 0.25) is 0 Å². The Balaban J connectivity index is 2.19. The van der Waals surface area contributed by atoms with Crippen molar-refractivity contribution in [2.75, 3.05) is 0 Å². The molecule has 18 heavy (non-hydrogen) atoms. The minimum Gasteiger partial charge on any atom is -0.325 e. The summed E-state index contributed by atoms with van der Waals surface area (Å²) < 4.78 is 14.4. The van der Waals surface area contributed by atoms with Gasteiger partial charge in [-0.2, -0.15) is 0 Å². The monoisotopic (exact) mass is 268 g/mol. The summed E-state index contributed by atoms with van der Waals surface area (Å²) in [4.78, 5) is 11.9. The van der Waals surface area contributed by atoms with Crippen molar-refractivity contribution in [3.63, 3.8) is 0 Å². The van der Waals surface area contributed by atoms with E-state index in [1.807, 2.05) is 0 Å². The third kappa shape index (κ3) is 2.72. The lowest BCUT2D eigenvalue weighted by Crippen LogP contribution is -2.12. The summed E-state index contributed by atoms with van der Waals surface area (Å²) in [5.74, 6) is -0.850. The van der Waals surface area contributed by atoms with Gasteiger partial charge in [-0.15, -0.1) is 5.10 Å². The van der Waals surface area contributed by atoms with Crippen molar-refractivity contribution in [3.8, 4) is 0 Å². The lowest BCUT2D eigenvalue weighted by atomic mass is 10.1. The molecule has 7 heteroatoms. The van der Waals surface area contributed by atoms with Gasteiger partial charge < -0.3 is 5.73 Å². The van der Waals surface area contributed by atoms with Gasteiger partial charge >= 0.3 is 0 Å². The Bertz CT molecular complexity index is 584. The second kappa shape index (κ2) is 5.24. The number of rotatable bonds is 4. The lowest BCUT2D eigenvalue weighted by molar-refractivity contribution is 0.0966. The molecule has 0 fully saturated rings. The van der Waals surface area contributed by atoms with E-state index in [0.29, 0.717) is 5.69 Å². The summed E-state index contributed by atoms with van der Waals surface area (Å²) in [5.41, 5.74) is 6.08. The molecule has 5 nitrogen and oxygen atoms in total. The molecule has 1 aromatic carbocycles. The number of hydrogen-bond donors (Lipinski definition) is 1. The van der Waals surface area contributed by atoms with Crippen LogP contribution >= 0.6 is 11.6 Å². The molecule has 0 bridgehead atoms. The third-order valence-electron chi connectivity index (χ3n) is 2.33. The smallest absolute Gasteiger partial charge is 0.185 e. The average Bonchev–Trinajstić information content (AvgIpc) is 2.80. The number of aromatic nitrogens is 3. The Morgan fingerprint density at radius 3 is 2.94 bits per heavy atom. The highest BCUT2D eigenvalue weighted by Gasteiger charge is 2.13. The number of nitrogens with zero attached hydrogens (tertiary/aromatic N) is 3. The Hall–Kier alpha value is -1.79. The van der Waals surface area contributed by atoms with Crippen molar-refractivity contribution < 1.29 is 9.18 Å². The van der Waals surface area contributed by atoms with Crippen molar-refractivity contribution in [2.45, 2.75) is 13.1 Å². The Morgan fingerprint density at radius 1 is 1.50 bits per heavy atom. The second-order valence-electron chi connectivity index (χ2n) is 3.66. The summed E-state index contributed by atoms with van der Waals surface area (Å²) >= 11 is 5.84. The zero-order chi connectivity index (χ0) is 13.1. The minimum atomic E-state index is -0.510. The molecular weight excluding hydrogens is 259 g/mol. The summed E-state index contributed by atoms with van der Waals surface area (Å²) in [7, 11) is 0. The van der Waals surface area contributed by atoms with Gasteiger partial charge in [0.25, 0.3) is 0 Å². The maximum atomic E-state index is 13.0. The largest absolute Gasteiger partial charge is 0.325 e. The van der Waals surface area contributed by atoms with Crippen LogP contribution in [0.15, 0.2) is 24.4 Å². The van der Waals surface area contributed by atoms with Crippen molar-refractivity contribution >= 4 is 17.4 Å². The van der Waals surface area contributed by atoms with Crippen LogP contribution in [-0.4, -0.2) is 20.8 Å².